The molecule has 0 aliphatic heterocycles. The van der Waals surface area contributed by atoms with Gasteiger partial charge in [0.1, 0.15) is 0 Å². The highest BCUT2D eigenvalue weighted by Crippen LogP contribution is 2.58. The Bertz CT molecular complexity index is 1040. The predicted octanol–water partition coefficient (Wildman–Crippen LogP) is 14.8. The van der Waals surface area contributed by atoms with Gasteiger partial charge in [0.15, 0.2) is 19.0 Å². The summed E-state index contributed by atoms with van der Waals surface area (Å²) in [5.41, 5.74) is 2.75. The fourth-order valence-corrected chi connectivity index (χ4v) is 8.05. The lowest BCUT2D eigenvalue weighted by atomic mass is 10.2. The van der Waals surface area contributed by atoms with Crippen molar-refractivity contribution < 1.29 is 28.6 Å². The van der Waals surface area contributed by atoms with Gasteiger partial charge in [0, 0.05) is 24.0 Å². The summed E-state index contributed by atoms with van der Waals surface area (Å²) >= 11 is 0. The quantitative estimate of drug-likeness (QED) is 0.0761. The SMILES string of the molecule is C.C.C.C.C.C.C.C.C.C=C(C)C(=O)OC[P+](C)(C)C.C=C(C)C(=O)OC[P+](C)(CC)Cc1ccccc1.C=C(C)C(=O)OC[P+](CC)(CC)CC. The van der Waals surface area contributed by atoms with Crippen LogP contribution in [0.15, 0.2) is 66.8 Å². The van der Waals surface area contributed by atoms with E-state index in [0.717, 1.165) is 30.8 Å². The molecular formula is C43H96O6P3+3. The van der Waals surface area contributed by atoms with Crippen LogP contribution in [0.25, 0.3) is 0 Å². The van der Waals surface area contributed by atoms with Gasteiger partial charge in [-0.2, -0.15) is 0 Å². The molecule has 0 saturated heterocycles. The van der Waals surface area contributed by atoms with Crippen molar-refractivity contribution >= 4 is 39.7 Å². The van der Waals surface area contributed by atoms with Crippen LogP contribution in [-0.4, -0.2) is 88.3 Å². The average Bonchev–Trinajstić information content (AvgIpc) is 2.96. The third-order valence-corrected chi connectivity index (χ3v) is 15.8. The Morgan fingerprint density at radius 1 is 0.519 bits per heavy atom. The average molecular weight is 802 g/mol. The summed E-state index contributed by atoms with van der Waals surface area (Å²) in [6.45, 7) is 33.1. The Kier molecular flexibility index (Phi) is 61.3. The first kappa shape index (κ1) is 79.0. The Hall–Kier alpha value is -1.86. The number of esters is 3. The van der Waals surface area contributed by atoms with Crippen LogP contribution in [0.1, 0.15) is 121 Å². The van der Waals surface area contributed by atoms with Gasteiger partial charge in [-0.25, -0.2) is 14.4 Å². The molecule has 0 bridgehead atoms. The maximum atomic E-state index is 11.5. The van der Waals surface area contributed by atoms with E-state index in [4.69, 9.17) is 14.2 Å². The number of carbonyl (C=O) groups excluding carboxylic acids is 3. The normalized spacial score (nSPS) is 10.1. The van der Waals surface area contributed by atoms with Crippen LogP contribution in [0.2, 0.25) is 0 Å². The van der Waals surface area contributed by atoms with E-state index in [1.165, 1.54) is 5.56 Å². The molecule has 0 spiro atoms. The van der Waals surface area contributed by atoms with E-state index in [1.807, 2.05) is 6.07 Å². The zero-order valence-electron chi connectivity index (χ0n) is 29.0. The minimum Gasteiger partial charge on any atom is -0.427 e. The Morgan fingerprint density at radius 3 is 1.10 bits per heavy atom. The zero-order chi connectivity index (χ0) is 33.9. The third kappa shape index (κ3) is 37.9. The maximum Gasteiger partial charge on any atom is 0.336 e. The van der Waals surface area contributed by atoms with Gasteiger partial charge in [0.05, 0.1) is 72.0 Å². The molecule has 0 fully saturated rings. The standard InChI is InChI=1S/C15H22O2P.C11H22O2P.C8H16O2P.9CH4/c1-5-18(4,12-17-15(16)13(2)3)11-14-9-7-6-8-10-14;1-6-14(7-2,8-3)9-13-11(12)10(4)5;1-7(2)8(9)10-6-11(3,4)5;;;;;;;;;/h6-10H,2,5,11-12H2,1,3-4H3;4,6-9H2,1-3,5H3;1,6H2,2-5H3;9*1H4/q3*+1;;;;;;;;;. The van der Waals surface area contributed by atoms with Gasteiger partial charge in [-0.05, 0) is 54.0 Å². The second kappa shape index (κ2) is 40.3. The molecule has 0 amide bonds. The summed E-state index contributed by atoms with van der Waals surface area (Å²) in [7, 11) is -3.26. The molecular weight excluding hydrogens is 705 g/mol. The molecule has 0 aliphatic carbocycles. The minimum atomic E-state index is -1.25. The highest BCUT2D eigenvalue weighted by atomic mass is 31.2. The van der Waals surface area contributed by atoms with Gasteiger partial charge in [0.2, 0.25) is 0 Å². The van der Waals surface area contributed by atoms with Gasteiger partial charge in [-0.1, -0.05) is 117 Å². The maximum absolute atomic E-state index is 11.5. The lowest BCUT2D eigenvalue weighted by Gasteiger charge is -2.22. The Balaban J connectivity index is -0.0000000508. The third-order valence-electron chi connectivity index (χ3n) is 6.79. The van der Waals surface area contributed by atoms with Crippen molar-refractivity contribution in [3.63, 3.8) is 0 Å². The van der Waals surface area contributed by atoms with Crippen molar-refractivity contribution in [3.8, 4) is 0 Å². The van der Waals surface area contributed by atoms with Gasteiger partial charge in [-0.15, -0.1) is 0 Å². The minimum absolute atomic E-state index is 0. The molecule has 0 saturated carbocycles. The van der Waals surface area contributed by atoms with E-state index in [1.54, 1.807) is 20.8 Å². The Labute approximate surface area is 331 Å². The van der Waals surface area contributed by atoms with E-state index >= 15 is 0 Å². The first-order chi connectivity index (χ1) is 19.8. The molecule has 0 heterocycles. The van der Waals surface area contributed by atoms with Gasteiger partial charge >= 0.3 is 17.9 Å². The molecule has 0 N–H and O–H groups in total. The molecule has 6 nitrogen and oxygen atoms in total. The second-order valence-corrected chi connectivity index (χ2v) is 26.3. The van der Waals surface area contributed by atoms with Crippen LogP contribution in [-0.2, 0) is 34.8 Å². The number of ether oxygens (including phenoxy) is 3. The van der Waals surface area contributed by atoms with Crippen molar-refractivity contribution in [2.24, 2.45) is 0 Å². The lowest BCUT2D eigenvalue weighted by Crippen LogP contribution is -2.14. The topological polar surface area (TPSA) is 78.9 Å². The van der Waals surface area contributed by atoms with Crippen molar-refractivity contribution in [1.29, 1.82) is 0 Å². The second-order valence-electron chi connectivity index (χ2n) is 12.2. The zero-order valence-corrected chi connectivity index (χ0v) is 31.6. The van der Waals surface area contributed by atoms with E-state index in [0.29, 0.717) is 35.8 Å². The number of rotatable bonds is 15. The lowest BCUT2D eigenvalue weighted by molar-refractivity contribution is -0.137. The molecule has 1 aromatic rings. The summed E-state index contributed by atoms with van der Waals surface area (Å²) in [6.07, 6.45) is 7.29. The first-order valence-corrected chi connectivity index (χ1v) is 23.5. The molecule has 1 rings (SSSR count). The number of hydrogen-bond acceptors (Lipinski definition) is 6. The van der Waals surface area contributed by atoms with E-state index < -0.39 is 21.8 Å². The molecule has 0 aliphatic rings. The molecule has 1 unspecified atom stereocenters. The summed E-state index contributed by atoms with van der Waals surface area (Å²) in [5, 5.41) is 0. The summed E-state index contributed by atoms with van der Waals surface area (Å²) in [4.78, 5) is 33.6. The molecule has 9 heteroatoms. The fraction of sp³-hybridized carbons (Fsp3) is 0.651. The van der Waals surface area contributed by atoms with E-state index in [2.05, 4.69) is 98.4 Å². The van der Waals surface area contributed by atoms with Crippen LogP contribution in [0, 0.1) is 0 Å². The van der Waals surface area contributed by atoms with E-state index in [-0.39, 0.29) is 84.7 Å². The summed E-state index contributed by atoms with van der Waals surface area (Å²) in [5.74, 6) is -0.799. The first-order valence-electron chi connectivity index (χ1n) is 14.8. The number of hydrogen-bond donors (Lipinski definition) is 0. The van der Waals surface area contributed by atoms with Crippen molar-refractivity contribution in [1.82, 2.24) is 0 Å². The van der Waals surface area contributed by atoms with Crippen molar-refractivity contribution in [2.45, 2.75) is 121 Å². The van der Waals surface area contributed by atoms with Crippen molar-refractivity contribution in [3.05, 3.63) is 72.4 Å². The van der Waals surface area contributed by atoms with Crippen LogP contribution in [0.4, 0.5) is 0 Å². The molecule has 1 aromatic carbocycles. The Morgan fingerprint density at radius 2 is 0.827 bits per heavy atom. The molecule has 1 atom stereocenters. The summed E-state index contributed by atoms with van der Waals surface area (Å²) < 4.78 is 15.6. The molecule has 0 radical (unpaired) electrons. The largest absolute Gasteiger partial charge is 0.427 e. The van der Waals surface area contributed by atoms with Crippen molar-refractivity contribution in [2.75, 3.05) is 70.4 Å². The van der Waals surface area contributed by atoms with Gasteiger partial charge in [0.25, 0.3) is 0 Å². The highest BCUT2D eigenvalue weighted by molar-refractivity contribution is 7.75. The molecule has 52 heavy (non-hydrogen) atoms. The number of carbonyl (C=O) groups is 3. The summed E-state index contributed by atoms with van der Waals surface area (Å²) in [6, 6.07) is 10.4. The monoisotopic (exact) mass is 802 g/mol. The number of benzene rings is 1. The van der Waals surface area contributed by atoms with E-state index in [9.17, 15) is 14.4 Å². The van der Waals surface area contributed by atoms with Crippen LogP contribution in [0.3, 0.4) is 0 Å². The van der Waals surface area contributed by atoms with Crippen LogP contribution >= 0.6 is 21.8 Å². The predicted molar refractivity (Wildman–Crippen MR) is 255 cm³/mol. The molecule has 316 valence electrons. The van der Waals surface area contributed by atoms with Gasteiger partial charge in [-0.3, -0.25) is 0 Å². The molecule has 0 aromatic heterocycles. The van der Waals surface area contributed by atoms with Crippen LogP contribution in [0.5, 0.6) is 0 Å². The van der Waals surface area contributed by atoms with Gasteiger partial charge < -0.3 is 14.2 Å². The fourth-order valence-electron chi connectivity index (χ4n) is 3.25. The highest BCUT2D eigenvalue weighted by Gasteiger charge is 2.33. The van der Waals surface area contributed by atoms with Crippen LogP contribution < -0.4 is 0 Å². The smallest absolute Gasteiger partial charge is 0.336 e.